The zero-order valence-corrected chi connectivity index (χ0v) is 15.5. The third kappa shape index (κ3) is 4.68. The average molecular weight is 385 g/mol. The van der Waals surface area contributed by atoms with E-state index in [4.69, 9.17) is 14.2 Å². The Hall–Kier alpha value is -2.91. The number of aromatic nitrogens is 2. The quantitative estimate of drug-likeness (QED) is 0.725. The Morgan fingerprint density at radius 1 is 1.07 bits per heavy atom. The van der Waals surface area contributed by atoms with Gasteiger partial charge >= 0.3 is 0 Å². The van der Waals surface area contributed by atoms with Crippen molar-refractivity contribution in [1.82, 2.24) is 20.4 Å². The van der Waals surface area contributed by atoms with Crippen LogP contribution in [-0.2, 0) is 11.3 Å². The Balaban J connectivity index is 1.23. The van der Waals surface area contributed by atoms with Crippen molar-refractivity contribution in [3.05, 3.63) is 41.6 Å². The number of anilines is 1. The van der Waals surface area contributed by atoms with Crippen LogP contribution < -0.4 is 20.1 Å². The Bertz CT molecular complexity index is 808. The van der Waals surface area contributed by atoms with Crippen molar-refractivity contribution >= 4 is 11.7 Å². The first-order valence-corrected chi connectivity index (χ1v) is 9.32. The van der Waals surface area contributed by atoms with Gasteiger partial charge < -0.3 is 24.8 Å². The maximum Gasteiger partial charge on any atom is 0.272 e. The maximum atomic E-state index is 12.3. The zero-order valence-electron chi connectivity index (χ0n) is 15.5. The van der Waals surface area contributed by atoms with Gasteiger partial charge in [-0.05, 0) is 29.8 Å². The number of carbonyl (C=O) groups excluding carboxylic acids is 1. The number of benzene rings is 1. The van der Waals surface area contributed by atoms with Gasteiger partial charge in [-0.2, -0.15) is 0 Å². The summed E-state index contributed by atoms with van der Waals surface area (Å²) in [6.07, 6.45) is 0. The number of amides is 1. The predicted octanol–water partition coefficient (Wildman–Crippen LogP) is 0.879. The molecule has 2 N–H and O–H groups in total. The first kappa shape index (κ1) is 18.5. The molecule has 2 aromatic rings. The number of hydrogen-bond acceptors (Lipinski definition) is 8. The summed E-state index contributed by atoms with van der Waals surface area (Å²) in [6, 6.07) is 9.01. The number of hydrogen-bond donors (Lipinski definition) is 2. The van der Waals surface area contributed by atoms with Crippen molar-refractivity contribution in [2.75, 3.05) is 51.5 Å². The number of carbonyl (C=O) groups is 1. The van der Waals surface area contributed by atoms with E-state index in [0.717, 1.165) is 50.7 Å². The molecule has 1 amide bonds. The lowest BCUT2D eigenvalue weighted by atomic mass is 10.2. The fraction of sp³-hybridized carbons (Fsp3) is 0.421. The van der Waals surface area contributed by atoms with E-state index < -0.39 is 0 Å². The molecule has 4 rings (SSSR count). The van der Waals surface area contributed by atoms with Gasteiger partial charge in [0, 0.05) is 32.7 Å². The first-order chi connectivity index (χ1) is 13.8. The Morgan fingerprint density at radius 3 is 2.75 bits per heavy atom. The van der Waals surface area contributed by atoms with Gasteiger partial charge in [0.15, 0.2) is 17.2 Å². The monoisotopic (exact) mass is 385 g/mol. The van der Waals surface area contributed by atoms with E-state index >= 15 is 0 Å². The van der Waals surface area contributed by atoms with E-state index in [1.165, 1.54) is 0 Å². The molecule has 0 spiro atoms. The van der Waals surface area contributed by atoms with Crippen LogP contribution >= 0.6 is 0 Å². The van der Waals surface area contributed by atoms with Crippen LogP contribution in [-0.4, -0.2) is 67.2 Å². The summed E-state index contributed by atoms with van der Waals surface area (Å²) < 4.78 is 16.0. The van der Waals surface area contributed by atoms with Crippen molar-refractivity contribution in [2.24, 2.45) is 0 Å². The van der Waals surface area contributed by atoms with E-state index in [9.17, 15) is 4.79 Å². The number of rotatable bonds is 7. The molecule has 0 aliphatic carbocycles. The Labute approximate surface area is 163 Å². The molecule has 28 heavy (non-hydrogen) atoms. The average Bonchev–Trinajstić information content (AvgIpc) is 3.21. The minimum atomic E-state index is -0.273. The molecular formula is C19H23N5O4. The summed E-state index contributed by atoms with van der Waals surface area (Å²) in [7, 11) is 0. The van der Waals surface area contributed by atoms with Crippen LogP contribution in [0, 0.1) is 0 Å². The number of morpholine rings is 1. The molecule has 2 aliphatic heterocycles. The highest BCUT2D eigenvalue weighted by Gasteiger charge is 2.14. The van der Waals surface area contributed by atoms with E-state index in [0.29, 0.717) is 18.1 Å². The van der Waals surface area contributed by atoms with Crippen molar-refractivity contribution in [3.8, 4) is 11.5 Å². The topological polar surface area (TPSA) is 97.8 Å². The smallest absolute Gasteiger partial charge is 0.272 e. The number of ether oxygens (including phenoxy) is 3. The molecule has 1 fully saturated rings. The van der Waals surface area contributed by atoms with Crippen LogP contribution in [0.25, 0.3) is 0 Å². The second kappa shape index (κ2) is 8.85. The number of nitrogens with one attached hydrogen (secondary N) is 2. The lowest BCUT2D eigenvalue weighted by Crippen LogP contribution is -2.39. The van der Waals surface area contributed by atoms with Gasteiger partial charge in [0.2, 0.25) is 6.79 Å². The number of nitrogens with zero attached hydrogens (tertiary/aromatic N) is 3. The fourth-order valence-corrected chi connectivity index (χ4v) is 3.04. The lowest BCUT2D eigenvalue weighted by Gasteiger charge is -2.26. The second-order valence-corrected chi connectivity index (χ2v) is 6.55. The molecule has 148 valence electrons. The molecule has 3 heterocycles. The van der Waals surface area contributed by atoms with Gasteiger partial charge in [-0.15, -0.1) is 10.2 Å². The molecule has 9 heteroatoms. The molecule has 1 saturated heterocycles. The second-order valence-electron chi connectivity index (χ2n) is 6.55. The van der Waals surface area contributed by atoms with Gasteiger partial charge in [-0.25, -0.2) is 0 Å². The van der Waals surface area contributed by atoms with E-state index in [1.807, 2.05) is 18.2 Å². The summed E-state index contributed by atoms with van der Waals surface area (Å²) in [4.78, 5) is 14.6. The van der Waals surface area contributed by atoms with Crippen molar-refractivity contribution in [3.63, 3.8) is 0 Å². The molecule has 0 radical (unpaired) electrons. The molecular weight excluding hydrogens is 362 g/mol. The normalized spacial score (nSPS) is 16.0. The Morgan fingerprint density at radius 2 is 1.93 bits per heavy atom. The minimum absolute atomic E-state index is 0.230. The lowest BCUT2D eigenvalue weighted by molar-refractivity contribution is 0.0398. The first-order valence-electron chi connectivity index (χ1n) is 9.32. The van der Waals surface area contributed by atoms with Crippen LogP contribution in [0.2, 0.25) is 0 Å². The standard InChI is InChI=1S/C19H23N5O4/c25-19(21-12-14-1-3-16-17(11-14)28-13-27-16)15-2-4-18(23-22-15)20-5-6-24-7-9-26-10-8-24/h1-4,11H,5-10,12-13H2,(H,20,23)(H,21,25). The van der Waals surface area contributed by atoms with Crippen LogP contribution in [0.15, 0.2) is 30.3 Å². The van der Waals surface area contributed by atoms with E-state index in [1.54, 1.807) is 12.1 Å². The van der Waals surface area contributed by atoms with Crippen molar-refractivity contribution < 1.29 is 19.0 Å². The van der Waals surface area contributed by atoms with Gasteiger partial charge in [0.25, 0.3) is 5.91 Å². The molecule has 1 aromatic heterocycles. The van der Waals surface area contributed by atoms with Gasteiger partial charge in [0.05, 0.1) is 13.2 Å². The molecule has 0 unspecified atom stereocenters. The molecule has 0 saturated carbocycles. The van der Waals surface area contributed by atoms with Crippen LogP contribution in [0.5, 0.6) is 11.5 Å². The molecule has 0 atom stereocenters. The molecule has 9 nitrogen and oxygen atoms in total. The summed E-state index contributed by atoms with van der Waals surface area (Å²) in [5.41, 5.74) is 1.20. The summed E-state index contributed by atoms with van der Waals surface area (Å²) in [6.45, 7) is 5.77. The highest BCUT2D eigenvalue weighted by molar-refractivity contribution is 5.92. The van der Waals surface area contributed by atoms with E-state index in [-0.39, 0.29) is 18.4 Å². The summed E-state index contributed by atoms with van der Waals surface area (Å²) in [5.74, 6) is 1.79. The minimum Gasteiger partial charge on any atom is -0.454 e. The number of fused-ring (bicyclic) bond motifs is 1. The molecule has 0 bridgehead atoms. The maximum absolute atomic E-state index is 12.3. The van der Waals surface area contributed by atoms with Gasteiger partial charge in [-0.1, -0.05) is 6.07 Å². The van der Waals surface area contributed by atoms with E-state index in [2.05, 4.69) is 25.7 Å². The van der Waals surface area contributed by atoms with Gasteiger partial charge in [-0.3, -0.25) is 9.69 Å². The highest BCUT2D eigenvalue weighted by Crippen LogP contribution is 2.32. The fourth-order valence-electron chi connectivity index (χ4n) is 3.04. The Kier molecular flexibility index (Phi) is 5.83. The van der Waals surface area contributed by atoms with Crippen LogP contribution in [0.3, 0.4) is 0 Å². The third-order valence-corrected chi connectivity index (χ3v) is 4.63. The SMILES string of the molecule is O=C(NCc1ccc2c(c1)OCO2)c1ccc(NCCN2CCOCC2)nn1. The zero-order chi connectivity index (χ0) is 19.2. The molecule has 2 aliphatic rings. The largest absolute Gasteiger partial charge is 0.454 e. The predicted molar refractivity (Wildman–Crippen MR) is 102 cm³/mol. The van der Waals surface area contributed by atoms with Crippen molar-refractivity contribution in [2.45, 2.75) is 6.54 Å². The summed E-state index contributed by atoms with van der Waals surface area (Å²) >= 11 is 0. The van der Waals surface area contributed by atoms with Gasteiger partial charge in [0.1, 0.15) is 5.82 Å². The summed E-state index contributed by atoms with van der Waals surface area (Å²) in [5, 5.41) is 14.2. The third-order valence-electron chi connectivity index (χ3n) is 4.63. The van der Waals surface area contributed by atoms with Crippen LogP contribution in [0.1, 0.15) is 16.1 Å². The molecule has 1 aromatic carbocycles. The van der Waals surface area contributed by atoms with Crippen LogP contribution in [0.4, 0.5) is 5.82 Å². The highest BCUT2D eigenvalue weighted by atomic mass is 16.7. The van der Waals surface area contributed by atoms with Crippen molar-refractivity contribution in [1.29, 1.82) is 0 Å².